The number of fused-ring (bicyclic) bond motifs is 8. The molecule has 0 N–H and O–H groups in total. The van der Waals surface area contributed by atoms with Crippen molar-refractivity contribution in [2.45, 2.75) is 19.3 Å². The van der Waals surface area contributed by atoms with E-state index in [-0.39, 0.29) is 5.41 Å². The van der Waals surface area contributed by atoms with E-state index in [1.54, 1.807) is 0 Å². The van der Waals surface area contributed by atoms with E-state index in [0.29, 0.717) is 0 Å². The van der Waals surface area contributed by atoms with Crippen molar-refractivity contribution in [3.05, 3.63) is 151 Å². The second kappa shape index (κ2) is 8.56. The molecule has 0 unspecified atom stereocenters. The van der Waals surface area contributed by atoms with Crippen molar-refractivity contribution in [1.82, 2.24) is 0 Å². The van der Waals surface area contributed by atoms with Crippen molar-refractivity contribution in [1.29, 1.82) is 0 Å². The molecule has 0 aromatic heterocycles. The van der Waals surface area contributed by atoms with Crippen molar-refractivity contribution < 1.29 is 0 Å². The summed E-state index contributed by atoms with van der Waals surface area (Å²) in [5.41, 5.74) is 8.91. The molecular weight excluding hydrogens is 482 g/mol. The van der Waals surface area contributed by atoms with Gasteiger partial charge in [-0.2, -0.15) is 0 Å². The number of benzene rings is 7. The van der Waals surface area contributed by atoms with Gasteiger partial charge in [-0.05, 0) is 79.3 Å². The van der Waals surface area contributed by atoms with Crippen LogP contribution in [0, 0.1) is 0 Å². The van der Waals surface area contributed by atoms with Crippen LogP contribution in [-0.2, 0) is 5.41 Å². The number of rotatable bonds is 3. The van der Waals surface area contributed by atoms with Crippen LogP contribution in [0.25, 0.3) is 43.4 Å². The molecule has 40 heavy (non-hydrogen) atoms. The first-order valence-electron chi connectivity index (χ1n) is 14.0. The van der Waals surface area contributed by atoms with Crippen LogP contribution in [0.1, 0.15) is 25.0 Å². The summed E-state index contributed by atoms with van der Waals surface area (Å²) >= 11 is 0. The van der Waals surface area contributed by atoms with Crippen LogP contribution in [0.2, 0.25) is 0 Å². The number of hydrogen-bond donors (Lipinski definition) is 0. The van der Waals surface area contributed by atoms with Gasteiger partial charge in [0.2, 0.25) is 0 Å². The van der Waals surface area contributed by atoms with Crippen molar-refractivity contribution in [3.63, 3.8) is 0 Å². The summed E-state index contributed by atoms with van der Waals surface area (Å²) in [6, 6.07) is 51.2. The van der Waals surface area contributed by atoms with Gasteiger partial charge in [0, 0.05) is 22.4 Å². The monoisotopic (exact) mass is 511 g/mol. The SMILES string of the molecule is CC1(C)c2ccccc2-c2c(N(c3ccccc3)c3ccc4ccc5ccc6ccccc6c5c4c3)cccc21. The molecule has 0 bridgehead atoms. The van der Waals surface area contributed by atoms with Gasteiger partial charge in [0.25, 0.3) is 0 Å². The van der Waals surface area contributed by atoms with E-state index in [4.69, 9.17) is 0 Å². The lowest BCUT2D eigenvalue weighted by atomic mass is 9.82. The van der Waals surface area contributed by atoms with E-state index in [2.05, 4.69) is 158 Å². The van der Waals surface area contributed by atoms with E-state index in [1.807, 2.05) is 0 Å². The molecule has 0 saturated carbocycles. The quantitative estimate of drug-likeness (QED) is 0.213. The molecule has 0 amide bonds. The second-order valence-corrected chi connectivity index (χ2v) is 11.4. The van der Waals surface area contributed by atoms with Gasteiger partial charge in [0.05, 0.1) is 5.69 Å². The normalized spacial score (nSPS) is 13.4. The third kappa shape index (κ3) is 3.28. The highest BCUT2D eigenvalue weighted by molar-refractivity contribution is 6.20. The van der Waals surface area contributed by atoms with Crippen LogP contribution in [0.4, 0.5) is 17.1 Å². The molecule has 0 heterocycles. The Morgan fingerprint density at radius 2 is 1.12 bits per heavy atom. The molecule has 0 saturated heterocycles. The fourth-order valence-electron chi connectivity index (χ4n) is 6.88. The minimum atomic E-state index is -0.0528. The zero-order chi connectivity index (χ0) is 26.8. The molecule has 7 aromatic rings. The van der Waals surface area contributed by atoms with Gasteiger partial charge >= 0.3 is 0 Å². The fourth-order valence-corrected chi connectivity index (χ4v) is 6.88. The van der Waals surface area contributed by atoms with Crippen LogP contribution in [0.15, 0.2) is 140 Å². The van der Waals surface area contributed by atoms with Gasteiger partial charge in [0.1, 0.15) is 0 Å². The molecule has 0 radical (unpaired) electrons. The van der Waals surface area contributed by atoms with Crippen molar-refractivity contribution in [3.8, 4) is 11.1 Å². The average molecular weight is 512 g/mol. The van der Waals surface area contributed by atoms with Crippen LogP contribution in [0.3, 0.4) is 0 Å². The van der Waals surface area contributed by atoms with E-state index >= 15 is 0 Å². The summed E-state index contributed by atoms with van der Waals surface area (Å²) in [4.78, 5) is 2.44. The van der Waals surface area contributed by atoms with Gasteiger partial charge in [-0.3, -0.25) is 0 Å². The topological polar surface area (TPSA) is 3.24 Å². The van der Waals surface area contributed by atoms with Gasteiger partial charge in [-0.15, -0.1) is 0 Å². The standard InChI is InChI=1S/C39H29N/c1-39(2)34-16-9-8-15-32(34)38-35(39)17-10-18-36(38)40(29-12-4-3-5-13-29)30-24-23-27-20-22-28-21-19-26-11-6-7-14-31(26)37(28)33(27)25-30/h3-25H,1-2H3. The smallest absolute Gasteiger partial charge is 0.0543 e. The van der Waals surface area contributed by atoms with Crippen LogP contribution < -0.4 is 4.90 Å². The molecule has 1 aliphatic rings. The highest BCUT2D eigenvalue weighted by atomic mass is 15.1. The highest BCUT2D eigenvalue weighted by Gasteiger charge is 2.37. The predicted octanol–water partition coefficient (Wildman–Crippen LogP) is 10.9. The van der Waals surface area contributed by atoms with E-state index < -0.39 is 0 Å². The van der Waals surface area contributed by atoms with Crippen LogP contribution in [0.5, 0.6) is 0 Å². The molecule has 0 atom stereocenters. The van der Waals surface area contributed by atoms with Crippen LogP contribution in [-0.4, -0.2) is 0 Å². The maximum atomic E-state index is 2.44. The summed E-state index contributed by atoms with van der Waals surface area (Å²) in [7, 11) is 0. The molecule has 0 fully saturated rings. The summed E-state index contributed by atoms with van der Waals surface area (Å²) in [5.74, 6) is 0. The zero-order valence-corrected chi connectivity index (χ0v) is 22.7. The van der Waals surface area contributed by atoms with Crippen molar-refractivity contribution >= 4 is 49.4 Å². The summed E-state index contributed by atoms with van der Waals surface area (Å²) in [5, 5.41) is 7.69. The lowest BCUT2D eigenvalue weighted by Crippen LogP contribution is -2.16. The highest BCUT2D eigenvalue weighted by Crippen LogP contribution is 2.54. The maximum Gasteiger partial charge on any atom is 0.0543 e. The van der Waals surface area contributed by atoms with E-state index in [1.165, 1.54) is 60.3 Å². The molecule has 1 aliphatic carbocycles. The Morgan fingerprint density at radius 3 is 1.98 bits per heavy atom. The molecule has 7 aromatic carbocycles. The lowest BCUT2D eigenvalue weighted by Gasteiger charge is -2.29. The van der Waals surface area contributed by atoms with Crippen molar-refractivity contribution in [2.24, 2.45) is 0 Å². The molecular formula is C39H29N. The molecule has 0 spiro atoms. The van der Waals surface area contributed by atoms with Gasteiger partial charge in [-0.1, -0.05) is 123 Å². The third-order valence-electron chi connectivity index (χ3n) is 8.81. The van der Waals surface area contributed by atoms with Gasteiger partial charge < -0.3 is 4.90 Å². The number of para-hydroxylation sites is 1. The van der Waals surface area contributed by atoms with Crippen LogP contribution >= 0.6 is 0 Å². The van der Waals surface area contributed by atoms with E-state index in [9.17, 15) is 0 Å². The van der Waals surface area contributed by atoms with Crippen molar-refractivity contribution in [2.75, 3.05) is 4.90 Å². The lowest BCUT2D eigenvalue weighted by molar-refractivity contribution is 0.660. The Kier molecular flexibility index (Phi) is 4.93. The van der Waals surface area contributed by atoms with Gasteiger partial charge in [0.15, 0.2) is 0 Å². The Morgan fingerprint density at radius 1 is 0.475 bits per heavy atom. The molecule has 0 aliphatic heterocycles. The second-order valence-electron chi connectivity index (χ2n) is 11.4. The Balaban J connectivity index is 1.45. The largest absolute Gasteiger partial charge is 0.310 e. The summed E-state index contributed by atoms with van der Waals surface area (Å²) in [6.45, 7) is 4.70. The van der Waals surface area contributed by atoms with Gasteiger partial charge in [-0.25, -0.2) is 0 Å². The fraction of sp³-hybridized carbons (Fsp3) is 0.0769. The molecule has 1 nitrogen and oxygen atoms in total. The number of anilines is 3. The molecule has 1 heteroatoms. The Labute approximate surface area is 234 Å². The van der Waals surface area contributed by atoms with E-state index in [0.717, 1.165) is 11.4 Å². The number of hydrogen-bond acceptors (Lipinski definition) is 1. The first-order valence-corrected chi connectivity index (χ1v) is 14.0. The minimum Gasteiger partial charge on any atom is -0.310 e. The minimum absolute atomic E-state index is 0.0528. The molecule has 190 valence electrons. The predicted molar refractivity (Wildman–Crippen MR) is 171 cm³/mol. The third-order valence-corrected chi connectivity index (χ3v) is 8.81. The first kappa shape index (κ1) is 23.0. The molecule has 8 rings (SSSR count). The summed E-state index contributed by atoms with van der Waals surface area (Å²) < 4.78 is 0. The average Bonchev–Trinajstić information content (AvgIpc) is 3.24. The maximum absolute atomic E-state index is 2.44. The zero-order valence-electron chi connectivity index (χ0n) is 22.7. The Bertz CT molecular complexity index is 2080. The first-order chi connectivity index (χ1) is 19.6. The Hall–Kier alpha value is -4.88. The summed E-state index contributed by atoms with van der Waals surface area (Å²) in [6.07, 6.45) is 0. The number of nitrogens with zero attached hydrogens (tertiary/aromatic N) is 1.